The van der Waals surface area contributed by atoms with Crippen molar-refractivity contribution in [3.05, 3.63) is 30.2 Å². The summed E-state index contributed by atoms with van der Waals surface area (Å²) in [4.78, 5) is 0. The lowest BCUT2D eigenvalue weighted by molar-refractivity contribution is 0.387. The topological polar surface area (TPSA) is 32.3 Å². The molecule has 2 heteroatoms. The number of hydrogen-bond acceptors (Lipinski definition) is 2. The lowest BCUT2D eigenvalue weighted by atomic mass is 10.1. The smallest absolute Gasteiger partial charge is 0.124 e. The van der Waals surface area contributed by atoms with Gasteiger partial charge in [-0.1, -0.05) is 6.92 Å². The minimum Gasteiger partial charge on any atom is -0.510 e. The highest BCUT2D eigenvalue weighted by molar-refractivity contribution is 5.25. The summed E-state index contributed by atoms with van der Waals surface area (Å²) in [5.74, 6) is 0.347. The highest BCUT2D eigenvalue weighted by Gasteiger charge is 2.10. The summed E-state index contributed by atoms with van der Waals surface area (Å²) in [6, 6.07) is 0.887. The van der Waals surface area contributed by atoms with Crippen molar-refractivity contribution in [2.45, 2.75) is 13.3 Å². The van der Waals surface area contributed by atoms with Crippen molar-refractivity contribution in [1.29, 1.82) is 0 Å². The second-order valence-corrected chi connectivity index (χ2v) is 1.89. The van der Waals surface area contributed by atoms with E-state index in [1.807, 2.05) is 6.92 Å². The molecule has 1 aliphatic rings. The Morgan fingerprint density at radius 2 is 2.44 bits per heavy atom. The van der Waals surface area contributed by atoms with Gasteiger partial charge in [-0.3, -0.25) is 0 Å². The Kier molecular flexibility index (Phi) is 1.78. The fraction of sp³-hybridized carbons (Fsp3) is 0.286. The molecule has 0 aromatic carbocycles. The minimum atomic E-state index is 0.347. The first-order chi connectivity index (χ1) is 4.34. The Bertz CT molecular complexity index is 149. The molecule has 9 heavy (non-hydrogen) atoms. The normalized spacial score (nSPS) is 19.0. The Morgan fingerprint density at radius 1 is 1.67 bits per heavy atom. The molecular weight excluding hydrogens is 114 g/mol. The van der Waals surface area contributed by atoms with E-state index in [1.165, 1.54) is 0 Å². The highest BCUT2D eigenvalue weighted by Crippen LogP contribution is 2.13. The summed E-state index contributed by atoms with van der Waals surface area (Å²) in [6.45, 7) is 1.99. The maximum Gasteiger partial charge on any atom is 0.124 e. The van der Waals surface area contributed by atoms with Gasteiger partial charge >= 0.3 is 0 Å². The van der Waals surface area contributed by atoms with Crippen LogP contribution in [0.2, 0.25) is 0 Å². The predicted molar refractivity (Wildman–Crippen MR) is 36.5 cm³/mol. The third-order valence-corrected chi connectivity index (χ3v) is 1.27. The summed E-state index contributed by atoms with van der Waals surface area (Å²) in [7, 11) is 0. The number of aliphatic hydroxyl groups is 1. The fourth-order valence-corrected chi connectivity index (χ4v) is 0.746. The molecule has 0 bridgehead atoms. The van der Waals surface area contributed by atoms with Crippen molar-refractivity contribution in [2.24, 2.45) is 0 Å². The van der Waals surface area contributed by atoms with E-state index in [2.05, 4.69) is 5.32 Å². The molecule has 2 nitrogen and oxygen atoms in total. The molecule has 0 aromatic rings. The molecule has 0 aliphatic carbocycles. The molecule has 0 atom stereocenters. The molecular formula is C7H10NO. The Labute approximate surface area is 54.9 Å². The Morgan fingerprint density at radius 3 is 2.89 bits per heavy atom. The first-order valence-electron chi connectivity index (χ1n) is 3.03. The molecule has 1 radical (unpaired) electrons. The third kappa shape index (κ3) is 1.25. The quantitative estimate of drug-likeness (QED) is 0.555. The van der Waals surface area contributed by atoms with Gasteiger partial charge in [-0.25, -0.2) is 0 Å². The largest absolute Gasteiger partial charge is 0.510 e. The van der Waals surface area contributed by atoms with Gasteiger partial charge in [0.2, 0.25) is 0 Å². The van der Waals surface area contributed by atoms with Gasteiger partial charge in [-0.15, -0.1) is 0 Å². The maximum atomic E-state index is 9.08. The van der Waals surface area contributed by atoms with Crippen LogP contribution in [-0.4, -0.2) is 5.11 Å². The molecule has 1 heterocycles. The van der Waals surface area contributed by atoms with Crippen LogP contribution in [0.15, 0.2) is 24.1 Å². The molecule has 0 amide bonds. The van der Waals surface area contributed by atoms with Crippen LogP contribution < -0.4 is 5.32 Å². The number of dihydropyridines is 1. The van der Waals surface area contributed by atoms with Gasteiger partial charge in [0.05, 0.1) is 0 Å². The molecule has 0 saturated heterocycles. The molecule has 0 spiro atoms. The lowest BCUT2D eigenvalue weighted by Gasteiger charge is -2.15. The van der Waals surface area contributed by atoms with Gasteiger partial charge in [0.15, 0.2) is 0 Å². The number of rotatable bonds is 1. The van der Waals surface area contributed by atoms with Gasteiger partial charge in [0.25, 0.3) is 0 Å². The zero-order valence-corrected chi connectivity index (χ0v) is 5.39. The summed E-state index contributed by atoms with van der Waals surface area (Å²) in [6.07, 6.45) is 6.09. The van der Waals surface area contributed by atoms with E-state index >= 15 is 0 Å². The maximum absolute atomic E-state index is 9.08. The molecule has 0 aromatic heterocycles. The number of hydrogen-bond donors (Lipinski definition) is 2. The van der Waals surface area contributed by atoms with E-state index in [1.54, 1.807) is 18.4 Å². The fourth-order valence-electron chi connectivity index (χ4n) is 0.746. The monoisotopic (exact) mass is 124 g/mol. The molecule has 2 N–H and O–H groups in total. The summed E-state index contributed by atoms with van der Waals surface area (Å²) in [5, 5.41) is 12.0. The molecule has 1 aliphatic heterocycles. The van der Waals surface area contributed by atoms with Crippen molar-refractivity contribution < 1.29 is 5.11 Å². The number of aliphatic hydroxyl groups excluding tert-OH is 1. The average Bonchev–Trinajstić information content (AvgIpc) is 1.89. The molecule has 49 valence electrons. The van der Waals surface area contributed by atoms with Gasteiger partial charge in [0.1, 0.15) is 11.8 Å². The first-order valence-corrected chi connectivity index (χ1v) is 3.03. The van der Waals surface area contributed by atoms with Gasteiger partial charge in [-0.05, 0) is 24.8 Å². The van der Waals surface area contributed by atoms with Crippen LogP contribution in [0.25, 0.3) is 0 Å². The van der Waals surface area contributed by atoms with Crippen molar-refractivity contribution in [3.63, 3.8) is 0 Å². The van der Waals surface area contributed by atoms with Crippen LogP contribution in [0.3, 0.4) is 0 Å². The van der Waals surface area contributed by atoms with Crippen molar-refractivity contribution in [2.75, 3.05) is 0 Å². The SMILES string of the molecule is CC[C]1NC=CC=C1O. The van der Waals surface area contributed by atoms with E-state index in [9.17, 15) is 0 Å². The zero-order chi connectivity index (χ0) is 6.69. The first kappa shape index (κ1) is 6.20. The van der Waals surface area contributed by atoms with Crippen LogP contribution in [0.1, 0.15) is 13.3 Å². The highest BCUT2D eigenvalue weighted by atomic mass is 16.3. The van der Waals surface area contributed by atoms with Gasteiger partial charge in [-0.2, -0.15) is 0 Å². The van der Waals surface area contributed by atoms with E-state index in [-0.39, 0.29) is 0 Å². The predicted octanol–water partition coefficient (Wildman–Crippen LogP) is 1.49. The number of allylic oxidation sites excluding steroid dienone is 2. The van der Waals surface area contributed by atoms with E-state index in [4.69, 9.17) is 5.11 Å². The molecule has 1 rings (SSSR count). The summed E-state index contributed by atoms with van der Waals surface area (Å²) in [5.41, 5.74) is 0. The lowest BCUT2D eigenvalue weighted by Crippen LogP contribution is -2.18. The van der Waals surface area contributed by atoms with Crippen LogP contribution in [0.5, 0.6) is 0 Å². The van der Waals surface area contributed by atoms with Crippen LogP contribution >= 0.6 is 0 Å². The van der Waals surface area contributed by atoms with E-state index in [0.717, 1.165) is 12.5 Å². The summed E-state index contributed by atoms with van der Waals surface area (Å²) < 4.78 is 0. The summed E-state index contributed by atoms with van der Waals surface area (Å²) >= 11 is 0. The van der Waals surface area contributed by atoms with Crippen LogP contribution in [0.4, 0.5) is 0 Å². The van der Waals surface area contributed by atoms with Crippen molar-refractivity contribution in [1.82, 2.24) is 5.32 Å². The molecule has 0 fully saturated rings. The molecule has 0 saturated carbocycles. The van der Waals surface area contributed by atoms with Crippen molar-refractivity contribution >= 4 is 0 Å². The van der Waals surface area contributed by atoms with E-state index < -0.39 is 0 Å². The average molecular weight is 124 g/mol. The Balaban J connectivity index is 2.59. The van der Waals surface area contributed by atoms with Crippen molar-refractivity contribution in [3.8, 4) is 0 Å². The van der Waals surface area contributed by atoms with Gasteiger partial charge in [0, 0.05) is 0 Å². The zero-order valence-electron chi connectivity index (χ0n) is 5.39. The number of nitrogens with one attached hydrogen (secondary N) is 1. The second-order valence-electron chi connectivity index (χ2n) is 1.89. The minimum absolute atomic E-state index is 0.347. The molecule has 0 unspecified atom stereocenters. The standard InChI is InChI=1S/C7H10NO/c1-2-6-7(9)4-3-5-8-6/h3-5,8-9H,2H2,1H3. The Hall–Kier alpha value is -0.920. The second kappa shape index (κ2) is 2.58. The van der Waals surface area contributed by atoms with Crippen LogP contribution in [-0.2, 0) is 0 Å². The van der Waals surface area contributed by atoms with E-state index in [0.29, 0.717) is 5.76 Å². The van der Waals surface area contributed by atoms with Crippen LogP contribution in [0, 0.1) is 6.04 Å². The van der Waals surface area contributed by atoms with Gasteiger partial charge < -0.3 is 10.4 Å². The third-order valence-electron chi connectivity index (χ3n) is 1.27.